The molecule has 1 saturated heterocycles. The first-order valence-corrected chi connectivity index (χ1v) is 8.60. The predicted octanol–water partition coefficient (Wildman–Crippen LogP) is 3.21. The van der Waals surface area contributed by atoms with Crippen molar-refractivity contribution in [1.82, 2.24) is 15.6 Å². The zero-order valence-corrected chi connectivity index (χ0v) is 14.4. The van der Waals surface area contributed by atoms with Gasteiger partial charge in [0.15, 0.2) is 0 Å². The number of rotatable bonds is 4. The van der Waals surface area contributed by atoms with Gasteiger partial charge in [-0.25, -0.2) is 0 Å². The molecule has 4 nitrogen and oxygen atoms in total. The van der Waals surface area contributed by atoms with E-state index >= 15 is 0 Å². The molecule has 1 fully saturated rings. The molecule has 0 atom stereocenters. The summed E-state index contributed by atoms with van der Waals surface area (Å²) >= 11 is 0. The van der Waals surface area contributed by atoms with Crippen LogP contribution in [-0.4, -0.2) is 24.0 Å². The zero-order chi connectivity index (χ0) is 17.0. The first kappa shape index (κ1) is 16.7. The average Bonchev–Trinajstić information content (AvgIpc) is 2.63. The number of hydrogen-bond donors (Lipinski definition) is 2. The summed E-state index contributed by atoms with van der Waals surface area (Å²) in [7, 11) is 0. The highest BCUT2D eigenvalue weighted by Gasteiger charge is 2.23. The summed E-state index contributed by atoms with van der Waals surface area (Å²) in [5.74, 6) is 0.560. The van der Waals surface area contributed by atoms with Crippen LogP contribution in [0, 0.1) is 0 Å². The molecule has 0 spiro atoms. The molecule has 1 amide bonds. The summed E-state index contributed by atoms with van der Waals surface area (Å²) in [6.45, 7) is 6.16. The van der Waals surface area contributed by atoms with Crippen LogP contribution < -0.4 is 10.6 Å². The highest BCUT2D eigenvalue weighted by molar-refractivity contribution is 5.94. The lowest BCUT2D eigenvalue weighted by Crippen LogP contribution is -2.41. The van der Waals surface area contributed by atoms with Crippen LogP contribution in [-0.2, 0) is 5.54 Å². The SMILES string of the molecule is CC(C)(NC(=O)c1ccc(C2CCNCC2)cc1)c1ccncc1. The van der Waals surface area contributed by atoms with E-state index in [1.54, 1.807) is 12.4 Å². The van der Waals surface area contributed by atoms with Gasteiger partial charge in [0, 0.05) is 18.0 Å². The van der Waals surface area contributed by atoms with Gasteiger partial charge in [0.1, 0.15) is 0 Å². The Hall–Kier alpha value is -2.20. The van der Waals surface area contributed by atoms with Gasteiger partial charge in [-0.05, 0) is 81.1 Å². The molecule has 2 heterocycles. The second-order valence-corrected chi connectivity index (χ2v) is 6.96. The third-order valence-electron chi connectivity index (χ3n) is 4.81. The third kappa shape index (κ3) is 3.82. The Balaban J connectivity index is 1.69. The first-order valence-electron chi connectivity index (χ1n) is 8.60. The summed E-state index contributed by atoms with van der Waals surface area (Å²) in [4.78, 5) is 16.6. The highest BCUT2D eigenvalue weighted by atomic mass is 16.1. The van der Waals surface area contributed by atoms with Crippen molar-refractivity contribution < 1.29 is 4.79 Å². The fraction of sp³-hybridized carbons (Fsp3) is 0.400. The fourth-order valence-electron chi connectivity index (χ4n) is 3.26. The average molecular weight is 323 g/mol. The van der Waals surface area contributed by atoms with Crippen molar-refractivity contribution in [2.24, 2.45) is 0 Å². The van der Waals surface area contributed by atoms with Gasteiger partial charge in [0.05, 0.1) is 5.54 Å². The van der Waals surface area contributed by atoms with Crippen molar-refractivity contribution >= 4 is 5.91 Å². The Kier molecular flexibility index (Phi) is 4.95. The van der Waals surface area contributed by atoms with Gasteiger partial charge >= 0.3 is 0 Å². The van der Waals surface area contributed by atoms with Crippen molar-refractivity contribution in [2.45, 2.75) is 38.1 Å². The predicted molar refractivity (Wildman–Crippen MR) is 96.0 cm³/mol. The summed E-state index contributed by atoms with van der Waals surface area (Å²) < 4.78 is 0. The van der Waals surface area contributed by atoms with E-state index in [9.17, 15) is 4.79 Å². The van der Waals surface area contributed by atoms with Crippen molar-refractivity contribution in [3.8, 4) is 0 Å². The van der Waals surface area contributed by atoms with Crippen molar-refractivity contribution in [3.63, 3.8) is 0 Å². The van der Waals surface area contributed by atoms with Crippen LogP contribution in [0.3, 0.4) is 0 Å². The van der Waals surface area contributed by atoms with Crippen molar-refractivity contribution in [1.29, 1.82) is 0 Å². The molecule has 1 aliphatic heterocycles. The highest BCUT2D eigenvalue weighted by Crippen LogP contribution is 2.25. The Morgan fingerprint density at radius 1 is 1.08 bits per heavy atom. The number of benzene rings is 1. The van der Waals surface area contributed by atoms with Crippen molar-refractivity contribution in [3.05, 3.63) is 65.5 Å². The fourth-order valence-corrected chi connectivity index (χ4v) is 3.26. The summed E-state index contributed by atoms with van der Waals surface area (Å²) in [6, 6.07) is 11.9. The van der Waals surface area contributed by atoms with Gasteiger partial charge in [0.25, 0.3) is 5.91 Å². The molecule has 0 bridgehead atoms. The minimum Gasteiger partial charge on any atom is -0.343 e. The van der Waals surface area contributed by atoms with Crippen LogP contribution in [0.25, 0.3) is 0 Å². The van der Waals surface area contributed by atoms with E-state index in [1.807, 2.05) is 38.1 Å². The quantitative estimate of drug-likeness (QED) is 0.908. The van der Waals surface area contributed by atoms with Crippen LogP contribution in [0.15, 0.2) is 48.8 Å². The second-order valence-electron chi connectivity index (χ2n) is 6.96. The molecule has 2 aromatic rings. The minimum atomic E-state index is -0.437. The molecule has 1 aromatic heterocycles. The topological polar surface area (TPSA) is 54.0 Å². The maximum atomic E-state index is 12.6. The van der Waals surface area contributed by atoms with Crippen LogP contribution in [0.1, 0.15) is 54.1 Å². The molecule has 24 heavy (non-hydrogen) atoms. The molecule has 3 rings (SSSR count). The zero-order valence-electron chi connectivity index (χ0n) is 14.4. The monoisotopic (exact) mass is 323 g/mol. The van der Waals surface area contributed by atoms with E-state index in [-0.39, 0.29) is 5.91 Å². The number of carbonyl (C=O) groups is 1. The lowest BCUT2D eigenvalue weighted by Gasteiger charge is -2.27. The Labute approximate surface area is 143 Å². The number of amides is 1. The van der Waals surface area contributed by atoms with Crippen molar-refractivity contribution in [2.75, 3.05) is 13.1 Å². The summed E-state index contributed by atoms with van der Waals surface area (Å²) in [5.41, 5.74) is 2.64. The number of nitrogens with zero attached hydrogens (tertiary/aromatic N) is 1. The summed E-state index contributed by atoms with van der Waals surface area (Å²) in [5, 5.41) is 6.50. The summed E-state index contributed by atoms with van der Waals surface area (Å²) in [6.07, 6.45) is 5.83. The van der Waals surface area contributed by atoms with Crippen LogP contribution in [0.2, 0.25) is 0 Å². The largest absolute Gasteiger partial charge is 0.343 e. The van der Waals surface area contributed by atoms with Gasteiger partial charge in [-0.2, -0.15) is 0 Å². The maximum Gasteiger partial charge on any atom is 0.251 e. The molecule has 126 valence electrons. The first-order chi connectivity index (χ1) is 11.6. The number of aromatic nitrogens is 1. The van der Waals surface area contributed by atoms with Crippen LogP contribution in [0.5, 0.6) is 0 Å². The number of piperidine rings is 1. The second kappa shape index (κ2) is 7.14. The Morgan fingerprint density at radius 3 is 2.33 bits per heavy atom. The number of nitrogens with one attached hydrogen (secondary N) is 2. The molecule has 1 aromatic carbocycles. The standard InChI is InChI=1S/C20H25N3O/c1-20(2,18-9-13-22-14-10-18)23-19(24)17-5-3-15(4-6-17)16-7-11-21-12-8-16/h3-6,9-10,13-14,16,21H,7-8,11-12H2,1-2H3,(H,23,24). The Morgan fingerprint density at radius 2 is 1.71 bits per heavy atom. The van der Waals surface area contributed by atoms with Crippen LogP contribution in [0.4, 0.5) is 0 Å². The van der Waals surface area contributed by atoms with Gasteiger partial charge in [-0.15, -0.1) is 0 Å². The molecule has 0 saturated carbocycles. The number of hydrogen-bond acceptors (Lipinski definition) is 3. The maximum absolute atomic E-state index is 12.6. The van der Waals surface area contributed by atoms with E-state index < -0.39 is 5.54 Å². The van der Waals surface area contributed by atoms with Gasteiger partial charge in [0.2, 0.25) is 0 Å². The van der Waals surface area contributed by atoms with E-state index in [2.05, 4.69) is 27.8 Å². The van der Waals surface area contributed by atoms with E-state index in [1.165, 1.54) is 18.4 Å². The Bertz CT molecular complexity index is 674. The van der Waals surface area contributed by atoms with E-state index in [0.29, 0.717) is 11.5 Å². The lowest BCUT2D eigenvalue weighted by molar-refractivity contribution is 0.0912. The lowest BCUT2D eigenvalue weighted by atomic mass is 9.89. The molecule has 0 radical (unpaired) electrons. The third-order valence-corrected chi connectivity index (χ3v) is 4.81. The van der Waals surface area contributed by atoms with Crippen LogP contribution >= 0.6 is 0 Å². The van der Waals surface area contributed by atoms with Gasteiger partial charge in [-0.1, -0.05) is 12.1 Å². The van der Waals surface area contributed by atoms with E-state index in [0.717, 1.165) is 18.7 Å². The smallest absolute Gasteiger partial charge is 0.251 e. The normalized spacial score (nSPS) is 15.9. The molecular formula is C20H25N3O. The van der Waals surface area contributed by atoms with Gasteiger partial charge in [-0.3, -0.25) is 9.78 Å². The van der Waals surface area contributed by atoms with E-state index in [4.69, 9.17) is 0 Å². The molecule has 0 aliphatic carbocycles. The molecule has 2 N–H and O–H groups in total. The minimum absolute atomic E-state index is 0.0475. The number of pyridine rings is 1. The molecule has 4 heteroatoms. The van der Waals surface area contributed by atoms with Gasteiger partial charge < -0.3 is 10.6 Å². The molecule has 0 unspecified atom stereocenters. The number of carbonyl (C=O) groups excluding carboxylic acids is 1. The molecular weight excluding hydrogens is 298 g/mol. The molecule has 1 aliphatic rings.